The van der Waals surface area contributed by atoms with Crippen LogP contribution >= 0.6 is 0 Å². The molecule has 0 unspecified atom stereocenters. The number of allylic oxidation sites excluding steroid dienone is 1. The van der Waals surface area contributed by atoms with Gasteiger partial charge in [0, 0.05) is 0 Å². The van der Waals surface area contributed by atoms with Crippen molar-refractivity contribution in [3.8, 4) is 0 Å². The predicted octanol–water partition coefficient (Wildman–Crippen LogP) is 2.84. The Morgan fingerprint density at radius 1 is 1.18 bits per heavy atom. The molecular formula is C13H20O4. The number of rotatable bonds is 9. The van der Waals surface area contributed by atoms with Crippen molar-refractivity contribution in [2.75, 3.05) is 0 Å². The minimum absolute atomic E-state index is 0.000289. The molecule has 0 aromatic carbocycles. The lowest BCUT2D eigenvalue weighted by Crippen LogP contribution is -2.23. The fourth-order valence-electron chi connectivity index (χ4n) is 1.55. The molecule has 17 heavy (non-hydrogen) atoms. The molecule has 0 bridgehead atoms. The summed E-state index contributed by atoms with van der Waals surface area (Å²) in [5, 5.41) is 17.5. The highest BCUT2D eigenvalue weighted by atomic mass is 16.4. The summed E-state index contributed by atoms with van der Waals surface area (Å²) in [6.07, 6.45) is 4.93. The second-order valence-corrected chi connectivity index (χ2v) is 4.02. The standard InChI is InChI=1S/C13H20O4/c1-3-5-6-7-8-10(4-2)9-11(12(14)15)13(16)17/h11H,2-3,5-9H2,1H3,(H,14,15)(H,16,17). The average molecular weight is 240 g/mol. The highest BCUT2D eigenvalue weighted by Crippen LogP contribution is 2.18. The summed E-state index contributed by atoms with van der Waals surface area (Å²) in [4.78, 5) is 21.5. The van der Waals surface area contributed by atoms with Crippen molar-refractivity contribution in [2.24, 2.45) is 5.92 Å². The van der Waals surface area contributed by atoms with Gasteiger partial charge in [0.2, 0.25) is 0 Å². The van der Waals surface area contributed by atoms with Crippen LogP contribution in [0.2, 0.25) is 0 Å². The highest BCUT2D eigenvalue weighted by molar-refractivity contribution is 5.93. The SMILES string of the molecule is C=C=C(CCCCCC)CC(C(=O)O)C(=O)O. The van der Waals surface area contributed by atoms with Crippen molar-refractivity contribution in [3.63, 3.8) is 0 Å². The van der Waals surface area contributed by atoms with E-state index < -0.39 is 17.9 Å². The van der Waals surface area contributed by atoms with Crippen LogP contribution in [0, 0.1) is 5.92 Å². The van der Waals surface area contributed by atoms with Crippen LogP contribution in [0.3, 0.4) is 0 Å². The fraction of sp³-hybridized carbons (Fsp3) is 0.615. The maximum atomic E-state index is 10.7. The summed E-state index contributed by atoms with van der Waals surface area (Å²) in [5.74, 6) is -4.00. The summed E-state index contributed by atoms with van der Waals surface area (Å²) < 4.78 is 0. The van der Waals surface area contributed by atoms with Crippen LogP contribution in [0.5, 0.6) is 0 Å². The molecule has 4 nitrogen and oxygen atoms in total. The van der Waals surface area contributed by atoms with Gasteiger partial charge in [-0.25, -0.2) is 0 Å². The van der Waals surface area contributed by atoms with Crippen molar-refractivity contribution in [2.45, 2.75) is 45.4 Å². The van der Waals surface area contributed by atoms with Crippen LogP contribution < -0.4 is 0 Å². The molecule has 0 heterocycles. The Labute approximate surface area is 102 Å². The van der Waals surface area contributed by atoms with Gasteiger partial charge in [-0.05, 0) is 24.8 Å². The van der Waals surface area contributed by atoms with Crippen LogP contribution in [0.15, 0.2) is 17.9 Å². The van der Waals surface area contributed by atoms with Crippen LogP contribution in [0.1, 0.15) is 45.4 Å². The van der Waals surface area contributed by atoms with E-state index >= 15 is 0 Å². The van der Waals surface area contributed by atoms with Gasteiger partial charge in [0.25, 0.3) is 0 Å². The highest BCUT2D eigenvalue weighted by Gasteiger charge is 2.26. The van der Waals surface area contributed by atoms with Crippen molar-refractivity contribution in [3.05, 3.63) is 17.9 Å². The molecule has 2 N–H and O–H groups in total. The third-order valence-corrected chi connectivity index (χ3v) is 2.63. The predicted molar refractivity (Wildman–Crippen MR) is 64.8 cm³/mol. The molecule has 0 aromatic rings. The summed E-state index contributed by atoms with van der Waals surface area (Å²) in [5.41, 5.74) is 3.35. The van der Waals surface area contributed by atoms with Gasteiger partial charge in [-0.2, -0.15) is 0 Å². The van der Waals surface area contributed by atoms with Crippen LogP contribution in [-0.4, -0.2) is 22.2 Å². The summed E-state index contributed by atoms with van der Waals surface area (Å²) >= 11 is 0. The second kappa shape index (κ2) is 8.59. The molecule has 96 valence electrons. The lowest BCUT2D eigenvalue weighted by Gasteiger charge is -2.09. The number of aliphatic carboxylic acids is 2. The molecule has 4 heteroatoms. The Hall–Kier alpha value is -1.54. The summed E-state index contributed by atoms with van der Waals surface area (Å²) in [7, 11) is 0. The summed E-state index contributed by atoms with van der Waals surface area (Å²) in [6.45, 7) is 5.59. The van der Waals surface area contributed by atoms with Gasteiger partial charge < -0.3 is 10.2 Å². The first-order valence-corrected chi connectivity index (χ1v) is 5.86. The van der Waals surface area contributed by atoms with Crippen LogP contribution in [-0.2, 0) is 9.59 Å². The van der Waals surface area contributed by atoms with E-state index in [0.717, 1.165) is 25.7 Å². The number of carboxylic acid groups (broad SMARTS) is 2. The number of hydrogen-bond acceptors (Lipinski definition) is 2. The number of carboxylic acids is 2. The molecule has 0 radical (unpaired) electrons. The van der Waals surface area contributed by atoms with Gasteiger partial charge in [-0.15, -0.1) is 5.73 Å². The van der Waals surface area contributed by atoms with E-state index in [1.54, 1.807) is 0 Å². The van der Waals surface area contributed by atoms with Crippen LogP contribution in [0.25, 0.3) is 0 Å². The molecule has 0 aliphatic rings. The molecule has 0 atom stereocenters. The van der Waals surface area contributed by atoms with Crippen LogP contribution in [0.4, 0.5) is 0 Å². The molecule has 0 aromatic heterocycles. The van der Waals surface area contributed by atoms with E-state index in [0.29, 0.717) is 12.0 Å². The molecule has 0 amide bonds. The number of unbranched alkanes of at least 4 members (excludes halogenated alkanes) is 3. The molecule has 0 fully saturated rings. The quantitative estimate of drug-likeness (QED) is 0.369. The third-order valence-electron chi connectivity index (χ3n) is 2.63. The molecule has 0 aliphatic heterocycles. The largest absolute Gasteiger partial charge is 0.481 e. The zero-order valence-electron chi connectivity index (χ0n) is 10.2. The van der Waals surface area contributed by atoms with Gasteiger partial charge in [0.1, 0.15) is 0 Å². The van der Waals surface area contributed by atoms with Gasteiger partial charge in [0.15, 0.2) is 5.92 Å². The minimum Gasteiger partial charge on any atom is -0.481 e. The van der Waals surface area contributed by atoms with Gasteiger partial charge in [-0.3, -0.25) is 9.59 Å². The molecule has 0 spiro atoms. The lowest BCUT2D eigenvalue weighted by molar-refractivity contribution is -0.154. The molecular weight excluding hydrogens is 220 g/mol. The molecule has 0 aliphatic carbocycles. The first-order chi connectivity index (χ1) is 8.02. The minimum atomic E-state index is -1.38. The lowest BCUT2D eigenvalue weighted by atomic mass is 9.96. The maximum Gasteiger partial charge on any atom is 0.318 e. The Morgan fingerprint density at radius 3 is 2.18 bits per heavy atom. The zero-order chi connectivity index (χ0) is 13.3. The van der Waals surface area contributed by atoms with Crippen molar-refractivity contribution in [1.82, 2.24) is 0 Å². The number of carbonyl (C=O) groups is 2. The normalized spacial score (nSPS) is 10.0. The first kappa shape index (κ1) is 15.5. The molecule has 0 saturated heterocycles. The summed E-state index contributed by atoms with van der Waals surface area (Å²) in [6, 6.07) is 0. The average Bonchev–Trinajstić information content (AvgIpc) is 2.27. The first-order valence-electron chi connectivity index (χ1n) is 5.86. The van der Waals surface area contributed by atoms with Crippen molar-refractivity contribution in [1.29, 1.82) is 0 Å². The van der Waals surface area contributed by atoms with E-state index in [2.05, 4.69) is 19.2 Å². The topological polar surface area (TPSA) is 74.6 Å². The monoisotopic (exact) mass is 240 g/mol. The Kier molecular flexibility index (Phi) is 7.82. The second-order valence-electron chi connectivity index (χ2n) is 4.02. The Balaban J connectivity index is 4.25. The Morgan fingerprint density at radius 2 is 1.76 bits per heavy atom. The van der Waals surface area contributed by atoms with Crippen molar-refractivity contribution >= 4 is 11.9 Å². The molecule has 0 rings (SSSR count). The van der Waals surface area contributed by atoms with Gasteiger partial charge in [-0.1, -0.05) is 32.8 Å². The number of hydrogen-bond donors (Lipinski definition) is 2. The van der Waals surface area contributed by atoms with Gasteiger partial charge >= 0.3 is 11.9 Å². The van der Waals surface area contributed by atoms with E-state index in [9.17, 15) is 9.59 Å². The zero-order valence-corrected chi connectivity index (χ0v) is 10.2. The maximum absolute atomic E-state index is 10.7. The fourth-order valence-corrected chi connectivity index (χ4v) is 1.55. The molecule has 0 saturated carbocycles. The Bertz CT molecular complexity index is 299. The van der Waals surface area contributed by atoms with E-state index in [1.165, 1.54) is 0 Å². The van der Waals surface area contributed by atoms with E-state index in [4.69, 9.17) is 10.2 Å². The van der Waals surface area contributed by atoms with Gasteiger partial charge in [0.05, 0.1) is 0 Å². The third kappa shape index (κ3) is 6.59. The van der Waals surface area contributed by atoms with E-state index in [1.807, 2.05) is 0 Å². The smallest absolute Gasteiger partial charge is 0.318 e. The van der Waals surface area contributed by atoms with Crippen molar-refractivity contribution < 1.29 is 19.8 Å². The van der Waals surface area contributed by atoms with E-state index in [-0.39, 0.29) is 6.42 Å².